The van der Waals surface area contributed by atoms with Gasteiger partial charge in [-0.15, -0.1) is 0 Å². The maximum Gasteiger partial charge on any atom is 0.220 e. The summed E-state index contributed by atoms with van der Waals surface area (Å²) in [4.78, 5) is 16.5. The lowest BCUT2D eigenvalue weighted by atomic mass is 10.2. The molecular formula is C14H29N3O. The van der Waals surface area contributed by atoms with Crippen LogP contribution in [0.2, 0.25) is 0 Å². The Morgan fingerprint density at radius 2 is 1.61 bits per heavy atom. The molecular weight excluding hydrogens is 226 g/mol. The van der Waals surface area contributed by atoms with Gasteiger partial charge in [-0.1, -0.05) is 13.8 Å². The monoisotopic (exact) mass is 255 g/mol. The van der Waals surface area contributed by atoms with Gasteiger partial charge in [-0.25, -0.2) is 0 Å². The van der Waals surface area contributed by atoms with Gasteiger partial charge in [-0.3, -0.25) is 4.79 Å². The molecule has 0 aromatic carbocycles. The molecule has 1 rings (SSSR count). The van der Waals surface area contributed by atoms with E-state index in [9.17, 15) is 4.79 Å². The number of hydrogen-bond acceptors (Lipinski definition) is 3. The Kier molecular flexibility index (Phi) is 8.01. The van der Waals surface area contributed by atoms with Gasteiger partial charge in [0.25, 0.3) is 0 Å². The summed E-state index contributed by atoms with van der Waals surface area (Å²) in [6, 6.07) is 0. The second-order valence-corrected chi connectivity index (χ2v) is 5.14. The number of nitrogens with one attached hydrogen (secondary N) is 1. The Bertz CT molecular complexity index is 225. The predicted octanol–water partition coefficient (Wildman–Crippen LogP) is 1.32. The molecule has 0 radical (unpaired) electrons. The third-order valence-corrected chi connectivity index (χ3v) is 3.46. The van der Waals surface area contributed by atoms with Crippen molar-refractivity contribution >= 4 is 5.91 Å². The van der Waals surface area contributed by atoms with Gasteiger partial charge in [0.15, 0.2) is 0 Å². The van der Waals surface area contributed by atoms with Crippen LogP contribution in [0.1, 0.15) is 39.5 Å². The van der Waals surface area contributed by atoms with Crippen LogP contribution in [0.15, 0.2) is 0 Å². The van der Waals surface area contributed by atoms with Gasteiger partial charge in [0.05, 0.1) is 0 Å². The van der Waals surface area contributed by atoms with Crippen molar-refractivity contribution in [2.24, 2.45) is 0 Å². The number of piperazine rings is 1. The molecule has 0 aromatic rings. The normalized spacial score (nSPS) is 17.9. The van der Waals surface area contributed by atoms with E-state index < -0.39 is 0 Å². The van der Waals surface area contributed by atoms with Crippen molar-refractivity contribution in [1.82, 2.24) is 15.1 Å². The van der Waals surface area contributed by atoms with E-state index in [1.54, 1.807) is 0 Å². The Balaban J connectivity index is 2.02. The summed E-state index contributed by atoms with van der Waals surface area (Å²) in [5.74, 6) is 0.210. The first-order chi connectivity index (χ1) is 8.76. The zero-order chi connectivity index (χ0) is 13.2. The van der Waals surface area contributed by atoms with Crippen LogP contribution in [0.25, 0.3) is 0 Å². The van der Waals surface area contributed by atoms with Crippen molar-refractivity contribution in [3.8, 4) is 0 Å². The van der Waals surface area contributed by atoms with Gasteiger partial charge in [0.1, 0.15) is 0 Å². The van der Waals surface area contributed by atoms with Gasteiger partial charge in [0.2, 0.25) is 5.91 Å². The van der Waals surface area contributed by atoms with E-state index in [0.29, 0.717) is 6.42 Å². The lowest BCUT2D eigenvalue weighted by molar-refractivity contribution is -0.121. The van der Waals surface area contributed by atoms with Crippen molar-refractivity contribution in [3.05, 3.63) is 0 Å². The number of amides is 1. The lowest BCUT2D eigenvalue weighted by Crippen LogP contribution is -2.46. The van der Waals surface area contributed by atoms with Crippen LogP contribution in [0.4, 0.5) is 0 Å². The highest BCUT2D eigenvalue weighted by molar-refractivity contribution is 5.75. The van der Waals surface area contributed by atoms with Crippen LogP contribution in [-0.4, -0.2) is 61.5 Å². The molecule has 1 N–H and O–H groups in total. The molecule has 0 atom stereocenters. The second-order valence-electron chi connectivity index (χ2n) is 5.14. The molecule has 0 unspecified atom stereocenters. The van der Waals surface area contributed by atoms with Gasteiger partial charge >= 0.3 is 0 Å². The van der Waals surface area contributed by atoms with Crippen LogP contribution < -0.4 is 5.32 Å². The van der Waals surface area contributed by atoms with E-state index in [2.05, 4.69) is 29.0 Å². The van der Waals surface area contributed by atoms with Crippen LogP contribution in [0.5, 0.6) is 0 Å². The van der Waals surface area contributed by atoms with Crippen LogP contribution >= 0.6 is 0 Å². The molecule has 4 heteroatoms. The maximum atomic E-state index is 11.4. The predicted molar refractivity (Wildman–Crippen MR) is 75.7 cm³/mol. The fourth-order valence-electron chi connectivity index (χ4n) is 2.37. The molecule has 0 spiro atoms. The van der Waals surface area contributed by atoms with Gasteiger partial charge in [0, 0.05) is 39.1 Å². The topological polar surface area (TPSA) is 35.6 Å². The Hall–Kier alpha value is -0.610. The number of rotatable bonds is 8. The SMILES string of the molecule is CCCNC(=O)CCCN1CCN(CCC)CC1. The fraction of sp³-hybridized carbons (Fsp3) is 0.929. The number of carbonyl (C=O) groups is 1. The minimum atomic E-state index is 0.210. The van der Waals surface area contributed by atoms with E-state index in [-0.39, 0.29) is 5.91 Å². The summed E-state index contributed by atoms with van der Waals surface area (Å²) >= 11 is 0. The molecule has 0 bridgehead atoms. The lowest BCUT2D eigenvalue weighted by Gasteiger charge is -2.34. The highest BCUT2D eigenvalue weighted by atomic mass is 16.1. The summed E-state index contributed by atoms with van der Waals surface area (Å²) in [6.07, 6.45) is 3.93. The first kappa shape index (κ1) is 15.4. The van der Waals surface area contributed by atoms with E-state index >= 15 is 0 Å². The standard InChI is InChI=1S/C14H29N3O/c1-3-7-15-14(18)6-5-9-17-12-10-16(8-4-2)11-13-17/h3-13H2,1-2H3,(H,15,18). The first-order valence-corrected chi connectivity index (χ1v) is 7.47. The highest BCUT2D eigenvalue weighted by Crippen LogP contribution is 2.04. The summed E-state index contributed by atoms with van der Waals surface area (Å²) in [6.45, 7) is 12.1. The smallest absolute Gasteiger partial charge is 0.220 e. The summed E-state index contributed by atoms with van der Waals surface area (Å²) < 4.78 is 0. The Morgan fingerprint density at radius 1 is 1.00 bits per heavy atom. The van der Waals surface area contributed by atoms with Crippen molar-refractivity contribution in [3.63, 3.8) is 0 Å². The largest absolute Gasteiger partial charge is 0.356 e. The van der Waals surface area contributed by atoms with Crippen LogP contribution in [0.3, 0.4) is 0 Å². The molecule has 1 heterocycles. The molecule has 1 fully saturated rings. The molecule has 0 aromatic heterocycles. The van der Waals surface area contributed by atoms with E-state index in [1.165, 1.54) is 26.1 Å². The van der Waals surface area contributed by atoms with Crippen LogP contribution in [0, 0.1) is 0 Å². The van der Waals surface area contributed by atoms with E-state index in [4.69, 9.17) is 0 Å². The molecule has 0 saturated carbocycles. The van der Waals surface area contributed by atoms with Crippen molar-refractivity contribution in [1.29, 1.82) is 0 Å². The van der Waals surface area contributed by atoms with Crippen molar-refractivity contribution in [2.75, 3.05) is 45.8 Å². The van der Waals surface area contributed by atoms with Gasteiger partial charge in [-0.2, -0.15) is 0 Å². The minimum absolute atomic E-state index is 0.210. The zero-order valence-corrected chi connectivity index (χ0v) is 12.1. The van der Waals surface area contributed by atoms with E-state index in [1.807, 2.05) is 0 Å². The van der Waals surface area contributed by atoms with Crippen molar-refractivity contribution < 1.29 is 4.79 Å². The van der Waals surface area contributed by atoms with Gasteiger partial charge < -0.3 is 15.1 Å². The third kappa shape index (κ3) is 6.36. The maximum absolute atomic E-state index is 11.4. The summed E-state index contributed by atoms with van der Waals surface area (Å²) in [7, 11) is 0. The number of carbonyl (C=O) groups excluding carboxylic acids is 1. The quantitative estimate of drug-likeness (QED) is 0.710. The van der Waals surface area contributed by atoms with Gasteiger partial charge in [-0.05, 0) is 32.4 Å². The average Bonchev–Trinajstić information content (AvgIpc) is 2.39. The zero-order valence-electron chi connectivity index (χ0n) is 12.1. The molecule has 106 valence electrons. The van der Waals surface area contributed by atoms with E-state index in [0.717, 1.165) is 39.0 Å². The molecule has 1 aliphatic rings. The summed E-state index contributed by atoms with van der Waals surface area (Å²) in [5, 5.41) is 2.93. The minimum Gasteiger partial charge on any atom is -0.356 e. The Labute approximate surface area is 112 Å². The highest BCUT2D eigenvalue weighted by Gasteiger charge is 2.15. The molecule has 4 nitrogen and oxygen atoms in total. The average molecular weight is 255 g/mol. The van der Waals surface area contributed by atoms with Crippen LogP contribution in [-0.2, 0) is 4.79 Å². The summed E-state index contributed by atoms with van der Waals surface area (Å²) in [5.41, 5.74) is 0. The Morgan fingerprint density at radius 3 is 2.17 bits per heavy atom. The first-order valence-electron chi connectivity index (χ1n) is 7.47. The third-order valence-electron chi connectivity index (χ3n) is 3.46. The number of hydrogen-bond donors (Lipinski definition) is 1. The second kappa shape index (κ2) is 9.34. The molecule has 18 heavy (non-hydrogen) atoms. The van der Waals surface area contributed by atoms with Crippen molar-refractivity contribution in [2.45, 2.75) is 39.5 Å². The molecule has 1 aliphatic heterocycles. The molecule has 1 amide bonds. The molecule has 1 saturated heterocycles. The fourth-order valence-corrected chi connectivity index (χ4v) is 2.37. The number of nitrogens with zero attached hydrogens (tertiary/aromatic N) is 2. The molecule has 0 aliphatic carbocycles.